The Morgan fingerprint density at radius 3 is 1.89 bits per heavy atom. The average Bonchev–Trinajstić information content (AvgIpc) is 2.94. The van der Waals surface area contributed by atoms with Gasteiger partial charge in [-0.2, -0.15) is 0 Å². The zero-order valence-corrected chi connectivity index (χ0v) is 14.5. The lowest BCUT2D eigenvalue weighted by Crippen LogP contribution is -2.29. The van der Waals surface area contributed by atoms with E-state index < -0.39 is 5.97 Å². The molecule has 0 bridgehead atoms. The standard InChI is InChI=1S/C22H15NO4/c1-14-6-8-15(9-7-14)22(26)27-17-12-10-16(11-13-17)23-20(24)18-4-2-3-5-19(18)21(23)25/h2-13H,1H3. The first-order valence-corrected chi connectivity index (χ1v) is 8.41. The van der Waals surface area contributed by atoms with Crippen molar-refractivity contribution in [2.24, 2.45) is 0 Å². The van der Waals surface area contributed by atoms with E-state index in [0.717, 1.165) is 10.5 Å². The number of imide groups is 1. The molecule has 5 heteroatoms. The van der Waals surface area contributed by atoms with E-state index in [9.17, 15) is 14.4 Å². The SMILES string of the molecule is Cc1ccc(C(=O)Oc2ccc(N3C(=O)c4ccccc4C3=O)cc2)cc1. The van der Waals surface area contributed by atoms with E-state index in [1.54, 1.807) is 60.7 Å². The zero-order valence-electron chi connectivity index (χ0n) is 14.5. The van der Waals surface area contributed by atoms with Gasteiger partial charge in [0.1, 0.15) is 5.75 Å². The normalized spacial score (nSPS) is 12.9. The number of benzene rings is 3. The van der Waals surface area contributed by atoms with E-state index in [4.69, 9.17) is 4.74 Å². The second-order valence-electron chi connectivity index (χ2n) is 6.24. The number of hydrogen-bond acceptors (Lipinski definition) is 4. The maximum absolute atomic E-state index is 12.5. The summed E-state index contributed by atoms with van der Waals surface area (Å²) in [4.78, 5) is 38.3. The third-order valence-electron chi connectivity index (χ3n) is 4.39. The van der Waals surface area contributed by atoms with Gasteiger partial charge in [-0.05, 0) is 55.5 Å². The summed E-state index contributed by atoms with van der Waals surface area (Å²) in [6.07, 6.45) is 0. The van der Waals surface area contributed by atoms with Crippen molar-refractivity contribution in [3.05, 3.63) is 95.1 Å². The Hall–Kier alpha value is -3.73. The quantitative estimate of drug-likeness (QED) is 0.404. The fourth-order valence-corrected chi connectivity index (χ4v) is 2.94. The van der Waals surface area contributed by atoms with Crippen LogP contribution in [0.4, 0.5) is 5.69 Å². The van der Waals surface area contributed by atoms with Crippen molar-refractivity contribution in [1.82, 2.24) is 0 Å². The van der Waals surface area contributed by atoms with Crippen LogP contribution in [-0.2, 0) is 0 Å². The molecule has 0 N–H and O–H groups in total. The van der Waals surface area contributed by atoms with Crippen LogP contribution in [0.2, 0.25) is 0 Å². The molecular formula is C22H15NO4. The molecular weight excluding hydrogens is 342 g/mol. The molecule has 0 spiro atoms. The summed E-state index contributed by atoms with van der Waals surface area (Å²) in [6, 6.07) is 20.1. The number of nitrogens with zero attached hydrogens (tertiary/aromatic N) is 1. The summed E-state index contributed by atoms with van der Waals surface area (Å²) in [6.45, 7) is 1.94. The van der Waals surface area contributed by atoms with Gasteiger partial charge in [0.2, 0.25) is 0 Å². The van der Waals surface area contributed by atoms with Crippen LogP contribution in [0.25, 0.3) is 0 Å². The van der Waals surface area contributed by atoms with E-state index >= 15 is 0 Å². The van der Waals surface area contributed by atoms with Crippen molar-refractivity contribution in [3.8, 4) is 5.75 Å². The number of anilines is 1. The van der Waals surface area contributed by atoms with E-state index in [-0.39, 0.29) is 11.8 Å². The summed E-state index contributed by atoms with van der Waals surface area (Å²) in [5.74, 6) is -0.857. The molecule has 0 saturated heterocycles. The Morgan fingerprint density at radius 1 is 0.778 bits per heavy atom. The number of carbonyl (C=O) groups excluding carboxylic acids is 3. The number of aryl methyl sites for hydroxylation is 1. The molecule has 5 nitrogen and oxygen atoms in total. The molecule has 1 aliphatic heterocycles. The van der Waals surface area contributed by atoms with Crippen molar-refractivity contribution in [3.63, 3.8) is 0 Å². The third-order valence-corrected chi connectivity index (χ3v) is 4.39. The van der Waals surface area contributed by atoms with Crippen molar-refractivity contribution >= 4 is 23.5 Å². The largest absolute Gasteiger partial charge is 0.423 e. The minimum absolute atomic E-state index is 0.334. The van der Waals surface area contributed by atoms with Gasteiger partial charge in [-0.15, -0.1) is 0 Å². The summed E-state index contributed by atoms with van der Waals surface area (Å²) < 4.78 is 5.35. The van der Waals surface area contributed by atoms with Crippen LogP contribution in [-0.4, -0.2) is 17.8 Å². The molecule has 132 valence electrons. The molecule has 1 aliphatic rings. The minimum atomic E-state index is -0.469. The van der Waals surface area contributed by atoms with Gasteiger partial charge in [-0.3, -0.25) is 9.59 Å². The predicted octanol–water partition coefficient (Wildman–Crippen LogP) is 4.01. The summed E-state index contributed by atoms with van der Waals surface area (Å²) in [5, 5.41) is 0. The van der Waals surface area contributed by atoms with Gasteiger partial charge in [0, 0.05) is 0 Å². The number of esters is 1. The Bertz CT molecular complexity index is 1020. The Morgan fingerprint density at radius 2 is 1.33 bits per heavy atom. The van der Waals surface area contributed by atoms with Gasteiger partial charge in [0.25, 0.3) is 11.8 Å². The number of amides is 2. The fourth-order valence-electron chi connectivity index (χ4n) is 2.94. The van der Waals surface area contributed by atoms with Gasteiger partial charge in [0.05, 0.1) is 22.4 Å². The first-order chi connectivity index (χ1) is 13.0. The molecule has 0 radical (unpaired) electrons. The number of ether oxygens (including phenoxy) is 1. The first kappa shape index (κ1) is 16.7. The molecule has 3 aromatic carbocycles. The first-order valence-electron chi connectivity index (χ1n) is 8.41. The third kappa shape index (κ3) is 3.00. The molecule has 0 saturated carbocycles. The molecule has 27 heavy (non-hydrogen) atoms. The molecule has 2 amide bonds. The van der Waals surface area contributed by atoms with Gasteiger partial charge >= 0.3 is 5.97 Å². The van der Waals surface area contributed by atoms with Gasteiger partial charge < -0.3 is 4.74 Å². The highest BCUT2D eigenvalue weighted by Gasteiger charge is 2.36. The minimum Gasteiger partial charge on any atom is -0.423 e. The van der Waals surface area contributed by atoms with E-state index in [1.807, 2.05) is 19.1 Å². The highest BCUT2D eigenvalue weighted by Crippen LogP contribution is 2.29. The van der Waals surface area contributed by atoms with Crippen molar-refractivity contribution in [2.75, 3.05) is 4.90 Å². The summed E-state index contributed by atoms with van der Waals surface area (Å²) >= 11 is 0. The topological polar surface area (TPSA) is 63.7 Å². The van der Waals surface area contributed by atoms with Crippen LogP contribution in [0.3, 0.4) is 0 Å². The van der Waals surface area contributed by atoms with E-state index in [1.165, 1.54) is 0 Å². The molecule has 0 unspecified atom stereocenters. The van der Waals surface area contributed by atoms with E-state index in [0.29, 0.717) is 28.1 Å². The number of carbonyl (C=O) groups is 3. The van der Waals surface area contributed by atoms with Gasteiger partial charge in [-0.1, -0.05) is 29.8 Å². The zero-order chi connectivity index (χ0) is 19.0. The smallest absolute Gasteiger partial charge is 0.343 e. The summed E-state index contributed by atoms with van der Waals surface area (Å²) in [7, 11) is 0. The van der Waals surface area contributed by atoms with Crippen LogP contribution < -0.4 is 9.64 Å². The Balaban J connectivity index is 1.53. The number of rotatable bonds is 3. The second kappa shape index (κ2) is 6.53. The van der Waals surface area contributed by atoms with E-state index in [2.05, 4.69) is 0 Å². The molecule has 4 rings (SSSR count). The predicted molar refractivity (Wildman–Crippen MR) is 100 cm³/mol. The maximum atomic E-state index is 12.5. The molecule has 0 aromatic heterocycles. The molecule has 0 fully saturated rings. The fraction of sp³-hybridized carbons (Fsp3) is 0.0455. The van der Waals surface area contributed by atoms with Crippen LogP contribution in [0.15, 0.2) is 72.8 Å². The van der Waals surface area contributed by atoms with Crippen LogP contribution >= 0.6 is 0 Å². The lowest BCUT2D eigenvalue weighted by atomic mass is 10.1. The molecule has 0 aliphatic carbocycles. The highest BCUT2D eigenvalue weighted by atomic mass is 16.5. The average molecular weight is 357 g/mol. The highest BCUT2D eigenvalue weighted by molar-refractivity contribution is 6.34. The Kier molecular flexibility index (Phi) is 4.05. The molecule has 0 atom stereocenters. The lowest BCUT2D eigenvalue weighted by Gasteiger charge is -2.14. The van der Waals surface area contributed by atoms with Crippen LogP contribution in [0, 0.1) is 6.92 Å². The van der Waals surface area contributed by atoms with Crippen LogP contribution in [0.1, 0.15) is 36.6 Å². The van der Waals surface area contributed by atoms with Crippen molar-refractivity contribution < 1.29 is 19.1 Å². The number of hydrogen-bond donors (Lipinski definition) is 0. The van der Waals surface area contributed by atoms with Crippen molar-refractivity contribution in [1.29, 1.82) is 0 Å². The molecule has 3 aromatic rings. The molecule has 1 heterocycles. The lowest BCUT2D eigenvalue weighted by molar-refractivity contribution is 0.0733. The Labute approximate surface area is 155 Å². The number of fused-ring (bicyclic) bond motifs is 1. The monoisotopic (exact) mass is 357 g/mol. The maximum Gasteiger partial charge on any atom is 0.343 e. The second-order valence-corrected chi connectivity index (χ2v) is 6.24. The van der Waals surface area contributed by atoms with Gasteiger partial charge in [0.15, 0.2) is 0 Å². The summed E-state index contributed by atoms with van der Waals surface area (Å²) in [5.41, 5.74) is 2.70. The van der Waals surface area contributed by atoms with Gasteiger partial charge in [-0.25, -0.2) is 9.69 Å². The van der Waals surface area contributed by atoms with Crippen molar-refractivity contribution in [2.45, 2.75) is 6.92 Å². The van der Waals surface area contributed by atoms with Crippen LogP contribution in [0.5, 0.6) is 5.75 Å².